The number of hydrogen-bond acceptors (Lipinski definition) is 1. The second-order valence-corrected chi connectivity index (χ2v) is 14.2. The third kappa shape index (κ3) is 4.41. The maximum Gasteiger partial charge on any atom is 0.202 e. The molecular formula is C45H42N2O+2. The Kier molecular flexibility index (Phi) is 6.82. The Morgan fingerprint density at radius 1 is 0.500 bits per heavy atom. The zero-order chi connectivity index (χ0) is 33.4. The Balaban J connectivity index is 1.40. The average molecular weight is 627 g/mol. The van der Waals surface area contributed by atoms with E-state index in [2.05, 4.69) is 185 Å². The summed E-state index contributed by atoms with van der Waals surface area (Å²) in [5.74, 6) is 0. The van der Waals surface area contributed by atoms with Gasteiger partial charge in [0.15, 0.2) is 17.3 Å². The van der Waals surface area contributed by atoms with Crippen LogP contribution in [-0.4, -0.2) is 0 Å². The standard InChI is InChI=1S/C45H42N2O/c1-29-15-8-11-18-37(29)44(3,4)41-20-14-21-43(47(41)7)45(5,42-19-12-13-24-46(42)6)38-27-36-35-26-32-23-22-31-16-9-10-17-33(31)34(32)28-40(35)48-39(36)25-30(38)2/h8-28H,1-7H3/q+2. The molecule has 0 aliphatic carbocycles. The van der Waals surface area contributed by atoms with Gasteiger partial charge in [-0.1, -0.05) is 66.7 Å². The molecule has 8 rings (SSSR count). The number of aryl methyl sites for hydroxylation is 3. The number of hydrogen-bond donors (Lipinski definition) is 0. The molecule has 0 amide bonds. The predicted molar refractivity (Wildman–Crippen MR) is 198 cm³/mol. The van der Waals surface area contributed by atoms with Gasteiger partial charge in [-0.2, -0.15) is 0 Å². The van der Waals surface area contributed by atoms with Crippen LogP contribution in [0.2, 0.25) is 0 Å². The number of furan rings is 1. The molecule has 0 saturated heterocycles. The zero-order valence-corrected chi connectivity index (χ0v) is 28.9. The van der Waals surface area contributed by atoms with Crippen molar-refractivity contribution < 1.29 is 13.6 Å². The molecule has 0 bridgehead atoms. The van der Waals surface area contributed by atoms with E-state index in [0.717, 1.165) is 21.9 Å². The number of benzene rings is 5. The van der Waals surface area contributed by atoms with Crippen LogP contribution in [0.3, 0.4) is 0 Å². The summed E-state index contributed by atoms with van der Waals surface area (Å²) in [7, 11) is 4.40. The lowest BCUT2D eigenvalue weighted by atomic mass is 9.72. The van der Waals surface area contributed by atoms with Crippen molar-refractivity contribution in [2.24, 2.45) is 14.1 Å². The van der Waals surface area contributed by atoms with Crippen LogP contribution in [0.1, 0.15) is 60.1 Å². The smallest absolute Gasteiger partial charge is 0.202 e. The highest BCUT2D eigenvalue weighted by atomic mass is 16.3. The van der Waals surface area contributed by atoms with Gasteiger partial charge in [0.05, 0.1) is 5.41 Å². The van der Waals surface area contributed by atoms with Gasteiger partial charge < -0.3 is 4.42 Å². The van der Waals surface area contributed by atoms with Gasteiger partial charge in [-0.3, -0.25) is 0 Å². The third-order valence-corrected chi connectivity index (χ3v) is 11.0. The van der Waals surface area contributed by atoms with E-state index in [1.807, 2.05) is 0 Å². The summed E-state index contributed by atoms with van der Waals surface area (Å²) in [5, 5.41) is 7.22. The maximum atomic E-state index is 6.63. The molecule has 8 aromatic rings. The molecule has 0 fully saturated rings. The van der Waals surface area contributed by atoms with Crippen molar-refractivity contribution in [2.75, 3.05) is 0 Å². The van der Waals surface area contributed by atoms with Gasteiger partial charge in [-0.15, -0.1) is 0 Å². The fraction of sp³-hybridized carbons (Fsp3) is 0.200. The lowest BCUT2D eigenvalue weighted by Crippen LogP contribution is -2.53. The highest BCUT2D eigenvalue weighted by Crippen LogP contribution is 2.43. The fourth-order valence-corrected chi connectivity index (χ4v) is 8.54. The van der Waals surface area contributed by atoms with E-state index in [-0.39, 0.29) is 5.41 Å². The van der Waals surface area contributed by atoms with Crippen LogP contribution in [0.15, 0.2) is 132 Å². The van der Waals surface area contributed by atoms with E-state index in [4.69, 9.17) is 4.42 Å². The summed E-state index contributed by atoms with van der Waals surface area (Å²) >= 11 is 0. The molecule has 3 heterocycles. The SMILES string of the molecule is Cc1ccccc1C(C)(C)c1cccc(C(C)(c2cc3c(cc2C)oc2cc4c(ccc5ccccc54)cc23)c2cccc[n+]2C)[n+]1C. The summed E-state index contributed by atoms with van der Waals surface area (Å²) in [6.07, 6.45) is 2.16. The highest BCUT2D eigenvalue weighted by molar-refractivity contribution is 6.16. The molecule has 0 radical (unpaired) electrons. The second-order valence-electron chi connectivity index (χ2n) is 14.2. The lowest BCUT2D eigenvalue weighted by Gasteiger charge is -2.30. The Labute approximate surface area is 282 Å². The van der Waals surface area contributed by atoms with Crippen LogP contribution in [0.4, 0.5) is 0 Å². The Hall–Kier alpha value is -5.28. The van der Waals surface area contributed by atoms with Crippen molar-refractivity contribution >= 4 is 43.5 Å². The molecule has 3 aromatic heterocycles. The predicted octanol–water partition coefficient (Wildman–Crippen LogP) is 9.84. The van der Waals surface area contributed by atoms with Crippen molar-refractivity contribution in [1.29, 1.82) is 0 Å². The first kappa shape index (κ1) is 30.1. The van der Waals surface area contributed by atoms with Crippen molar-refractivity contribution in [3.63, 3.8) is 0 Å². The fourth-order valence-electron chi connectivity index (χ4n) is 8.54. The van der Waals surface area contributed by atoms with E-state index in [1.165, 1.54) is 60.9 Å². The molecule has 0 saturated carbocycles. The summed E-state index contributed by atoms with van der Waals surface area (Å²) in [5.41, 5.74) is 9.98. The quantitative estimate of drug-likeness (QED) is 0.138. The first-order valence-corrected chi connectivity index (χ1v) is 16.9. The lowest BCUT2D eigenvalue weighted by molar-refractivity contribution is -0.702. The molecular weight excluding hydrogens is 585 g/mol. The van der Waals surface area contributed by atoms with Crippen molar-refractivity contribution in [1.82, 2.24) is 0 Å². The minimum atomic E-state index is -0.489. The van der Waals surface area contributed by atoms with Crippen LogP contribution in [-0.2, 0) is 24.9 Å². The largest absolute Gasteiger partial charge is 0.456 e. The van der Waals surface area contributed by atoms with Gasteiger partial charge in [0.2, 0.25) is 11.4 Å². The number of rotatable bonds is 5. The second kappa shape index (κ2) is 10.9. The first-order valence-electron chi connectivity index (χ1n) is 16.9. The molecule has 48 heavy (non-hydrogen) atoms. The molecule has 0 N–H and O–H groups in total. The number of nitrogens with zero attached hydrogens (tertiary/aromatic N) is 2. The summed E-state index contributed by atoms with van der Waals surface area (Å²) < 4.78 is 11.3. The molecule has 5 aromatic carbocycles. The van der Waals surface area contributed by atoms with Gasteiger partial charge in [0, 0.05) is 35.0 Å². The maximum absolute atomic E-state index is 6.63. The normalized spacial score (nSPS) is 13.5. The third-order valence-electron chi connectivity index (χ3n) is 11.0. The highest BCUT2D eigenvalue weighted by Gasteiger charge is 2.47. The molecule has 1 atom stereocenters. The molecule has 3 heteroatoms. The van der Waals surface area contributed by atoms with E-state index in [9.17, 15) is 0 Å². The van der Waals surface area contributed by atoms with Gasteiger partial charge in [0.25, 0.3) is 0 Å². The van der Waals surface area contributed by atoms with Crippen molar-refractivity contribution in [3.8, 4) is 0 Å². The molecule has 3 nitrogen and oxygen atoms in total. The van der Waals surface area contributed by atoms with Gasteiger partial charge in [-0.25, -0.2) is 9.13 Å². The van der Waals surface area contributed by atoms with Crippen LogP contribution >= 0.6 is 0 Å². The van der Waals surface area contributed by atoms with Gasteiger partial charge in [-0.05, 0) is 109 Å². The number of fused-ring (bicyclic) bond motifs is 6. The molecule has 0 aliphatic heterocycles. The van der Waals surface area contributed by atoms with Gasteiger partial charge in [0.1, 0.15) is 25.3 Å². The Morgan fingerprint density at radius 3 is 1.98 bits per heavy atom. The minimum Gasteiger partial charge on any atom is -0.456 e. The zero-order valence-electron chi connectivity index (χ0n) is 28.9. The molecule has 0 aliphatic rings. The summed E-state index contributed by atoms with van der Waals surface area (Å²) in [6.45, 7) is 11.5. The van der Waals surface area contributed by atoms with Crippen LogP contribution < -0.4 is 9.13 Å². The molecule has 236 valence electrons. The number of aromatic nitrogens is 2. The van der Waals surface area contributed by atoms with E-state index in [0.29, 0.717) is 0 Å². The summed E-state index contributed by atoms with van der Waals surface area (Å²) in [6, 6.07) is 44.4. The van der Waals surface area contributed by atoms with Crippen LogP contribution in [0.5, 0.6) is 0 Å². The average Bonchev–Trinajstić information content (AvgIpc) is 3.42. The molecule has 0 spiro atoms. The van der Waals surface area contributed by atoms with E-state index in [1.54, 1.807) is 0 Å². The molecule has 1 unspecified atom stereocenters. The Morgan fingerprint density at radius 2 is 1.17 bits per heavy atom. The topological polar surface area (TPSA) is 20.9 Å². The monoisotopic (exact) mass is 626 g/mol. The van der Waals surface area contributed by atoms with Crippen LogP contribution in [0.25, 0.3) is 43.5 Å². The van der Waals surface area contributed by atoms with Crippen molar-refractivity contribution in [3.05, 3.63) is 167 Å². The van der Waals surface area contributed by atoms with Crippen LogP contribution in [0, 0.1) is 13.8 Å². The Bertz CT molecular complexity index is 2550. The first-order chi connectivity index (χ1) is 23.1. The van der Waals surface area contributed by atoms with Gasteiger partial charge >= 0.3 is 0 Å². The van der Waals surface area contributed by atoms with Crippen molar-refractivity contribution in [2.45, 2.75) is 45.4 Å². The minimum absolute atomic E-state index is 0.207. The summed E-state index contributed by atoms with van der Waals surface area (Å²) in [4.78, 5) is 0. The number of pyridine rings is 2. The van der Waals surface area contributed by atoms with E-state index < -0.39 is 5.41 Å². The van der Waals surface area contributed by atoms with E-state index >= 15 is 0 Å².